The number of anilines is 1. The van der Waals surface area contributed by atoms with Crippen LogP contribution in [0.4, 0.5) is 5.69 Å². The highest BCUT2D eigenvalue weighted by Crippen LogP contribution is 2.16. The molecule has 0 fully saturated rings. The van der Waals surface area contributed by atoms with Crippen molar-refractivity contribution in [3.63, 3.8) is 0 Å². The quantitative estimate of drug-likeness (QED) is 0.529. The summed E-state index contributed by atoms with van der Waals surface area (Å²) in [5.41, 5.74) is 2.16. The largest absolute Gasteiger partial charge is 0.452 e. The lowest BCUT2D eigenvalue weighted by atomic mass is 10.1. The molecule has 2 aromatic rings. The van der Waals surface area contributed by atoms with E-state index in [9.17, 15) is 9.59 Å². The van der Waals surface area contributed by atoms with Gasteiger partial charge in [-0.1, -0.05) is 55.8 Å². The number of benzene rings is 2. The van der Waals surface area contributed by atoms with Crippen LogP contribution < -0.4 is 10.6 Å². The Bertz CT molecular complexity index is 716. The maximum absolute atomic E-state index is 12.3. The predicted molar refractivity (Wildman–Crippen MR) is 103 cm³/mol. The van der Waals surface area contributed by atoms with Gasteiger partial charge in [-0.2, -0.15) is 0 Å². The molecule has 0 spiro atoms. The number of carbonyl (C=O) groups is 2. The first-order valence-electron chi connectivity index (χ1n) is 8.96. The van der Waals surface area contributed by atoms with Crippen LogP contribution in [-0.4, -0.2) is 25.0 Å². The van der Waals surface area contributed by atoms with E-state index in [0.29, 0.717) is 5.56 Å². The van der Waals surface area contributed by atoms with Crippen molar-refractivity contribution in [1.29, 1.82) is 0 Å². The van der Waals surface area contributed by atoms with E-state index in [0.717, 1.165) is 30.6 Å². The van der Waals surface area contributed by atoms with Crippen LogP contribution in [0.15, 0.2) is 54.6 Å². The molecule has 0 unspecified atom stereocenters. The fraction of sp³-hybridized carbons (Fsp3) is 0.333. The summed E-state index contributed by atoms with van der Waals surface area (Å²) in [6.07, 6.45) is 2.09. The van der Waals surface area contributed by atoms with Gasteiger partial charge >= 0.3 is 5.97 Å². The van der Waals surface area contributed by atoms with E-state index < -0.39 is 5.97 Å². The summed E-state index contributed by atoms with van der Waals surface area (Å²) < 4.78 is 5.18. The van der Waals surface area contributed by atoms with Crippen molar-refractivity contribution in [2.24, 2.45) is 0 Å². The van der Waals surface area contributed by atoms with Gasteiger partial charge in [0.1, 0.15) is 0 Å². The molecule has 0 saturated heterocycles. The van der Waals surface area contributed by atoms with Crippen LogP contribution in [0.1, 0.15) is 48.7 Å². The Morgan fingerprint density at radius 3 is 2.46 bits per heavy atom. The molecule has 1 amide bonds. The average Bonchev–Trinajstić information content (AvgIpc) is 2.67. The van der Waals surface area contributed by atoms with Crippen molar-refractivity contribution >= 4 is 17.6 Å². The van der Waals surface area contributed by atoms with Crippen LogP contribution in [0.2, 0.25) is 0 Å². The highest BCUT2D eigenvalue weighted by molar-refractivity contribution is 5.96. The van der Waals surface area contributed by atoms with Gasteiger partial charge in [0.15, 0.2) is 6.61 Å². The standard InChI is InChI=1S/C21H26N2O3/c1-3-4-14-22-19-13-9-8-12-18(19)21(25)26-15-20(24)23-16(2)17-10-6-5-7-11-17/h5-13,16,22H,3-4,14-15H2,1-2H3,(H,23,24)/t16-/m1/s1. The molecule has 5 nitrogen and oxygen atoms in total. The predicted octanol–water partition coefficient (Wildman–Crippen LogP) is 3.93. The third-order valence-corrected chi connectivity index (χ3v) is 4.00. The number of esters is 1. The molecule has 2 aromatic carbocycles. The van der Waals surface area contributed by atoms with E-state index in [1.807, 2.05) is 49.4 Å². The average molecular weight is 354 g/mol. The lowest BCUT2D eigenvalue weighted by Crippen LogP contribution is -2.31. The first kappa shape index (κ1) is 19.5. The second-order valence-corrected chi connectivity index (χ2v) is 6.10. The van der Waals surface area contributed by atoms with E-state index in [1.165, 1.54) is 0 Å². The van der Waals surface area contributed by atoms with Crippen LogP contribution in [0.3, 0.4) is 0 Å². The van der Waals surface area contributed by atoms with E-state index in [1.54, 1.807) is 12.1 Å². The highest BCUT2D eigenvalue weighted by atomic mass is 16.5. The minimum atomic E-state index is -0.507. The number of amides is 1. The van der Waals surface area contributed by atoms with Crippen molar-refractivity contribution in [2.75, 3.05) is 18.5 Å². The molecule has 0 aliphatic carbocycles. The summed E-state index contributed by atoms with van der Waals surface area (Å²) in [5.74, 6) is -0.835. The van der Waals surface area contributed by atoms with Crippen LogP contribution in [0.5, 0.6) is 0 Å². The Kier molecular flexibility index (Phi) is 7.68. The molecule has 0 saturated carbocycles. The fourth-order valence-electron chi connectivity index (χ4n) is 2.53. The molecule has 0 aromatic heterocycles. The van der Waals surface area contributed by atoms with Crippen LogP contribution in [0, 0.1) is 0 Å². The van der Waals surface area contributed by atoms with E-state index in [2.05, 4.69) is 17.6 Å². The maximum Gasteiger partial charge on any atom is 0.340 e. The summed E-state index contributed by atoms with van der Waals surface area (Å²) in [4.78, 5) is 24.4. The van der Waals surface area contributed by atoms with Gasteiger partial charge in [-0.25, -0.2) is 4.79 Å². The topological polar surface area (TPSA) is 67.4 Å². The Morgan fingerprint density at radius 1 is 1.04 bits per heavy atom. The van der Waals surface area contributed by atoms with Gasteiger partial charge in [0.25, 0.3) is 5.91 Å². The van der Waals surface area contributed by atoms with Gasteiger partial charge in [-0.3, -0.25) is 4.79 Å². The number of rotatable bonds is 9. The number of ether oxygens (including phenoxy) is 1. The number of unbranched alkanes of at least 4 members (excludes halogenated alkanes) is 1. The highest BCUT2D eigenvalue weighted by Gasteiger charge is 2.15. The Balaban J connectivity index is 1.87. The van der Waals surface area contributed by atoms with Crippen molar-refractivity contribution in [3.05, 3.63) is 65.7 Å². The molecule has 0 radical (unpaired) electrons. The molecule has 1 atom stereocenters. The SMILES string of the molecule is CCCCNc1ccccc1C(=O)OCC(=O)N[C@H](C)c1ccccc1. The van der Waals surface area contributed by atoms with Crippen molar-refractivity contribution in [3.8, 4) is 0 Å². The molecule has 0 aliphatic heterocycles. The molecule has 2 rings (SSSR count). The molecular weight excluding hydrogens is 328 g/mol. The summed E-state index contributed by atoms with van der Waals surface area (Å²) >= 11 is 0. The van der Waals surface area contributed by atoms with Crippen molar-refractivity contribution < 1.29 is 14.3 Å². The summed E-state index contributed by atoms with van der Waals surface area (Å²) in [6.45, 7) is 4.48. The third kappa shape index (κ3) is 5.92. The summed E-state index contributed by atoms with van der Waals surface area (Å²) in [7, 11) is 0. The fourth-order valence-corrected chi connectivity index (χ4v) is 2.53. The number of hydrogen-bond acceptors (Lipinski definition) is 4. The molecular formula is C21H26N2O3. The summed E-state index contributed by atoms with van der Waals surface area (Å²) in [5, 5.41) is 6.06. The molecule has 26 heavy (non-hydrogen) atoms. The summed E-state index contributed by atoms with van der Waals surface area (Å²) in [6, 6.07) is 16.7. The minimum absolute atomic E-state index is 0.148. The normalized spacial score (nSPS) is 11.5. The molecule has 0 heterocycles. The number of para-hydroxylation sites is 1. The molecule has 0 bridgehead atoms. The molecule has 2 N–H and O–H groups in total. The third-order valence-electron chi connectivity index (χ3n) is 4.00. The zero-order valence-electron chi connectivity index (χ0n) is 15.3. The van der Waals surface area contributed by atoms with Crippen molar-refractivity contribution in [2.45, 2.75) is 32.7 Å². The van der Waals surface area contributed by atoms with Gasteiger partial charge in [-0.15, -0.1) is 0 Å². The van der Waals surface area contributed by atoms with Gasteiger partial charge in [-0.05, 0) is 31.0 Å². The van der Waals surface area contributed by atoms with E-state index >= 15 is 0 Å². The lowest BCUT2D eigenvalue weighted by molar-refractivity contribution is -0.124. The van der Waals surface area contributed by atoms with Crippen LogP contribution >= 0.6 is 0 Å². The van der Waals surface area contributed by atoms with E-state index in [-0.39, 0.29) is 18.6 Å². The zero-order chi connectivity index (χ0) is 18.8. The Labute approximate surface area is 154 Å². The van der Waals surface area contributed by atoms with Crippen LogP contribution in [0.25, 0.3) is 0 Å². The van der Waals surface area contributed by atoms with Gasteiger partial charge in [0, 0.05) is 12.2 Å². The first-order chi connectivity index (χ1) is 12.6. The van der Waals surface area contributed by atoms with Crippen molar-refractivity contribution in [1.82, 2.24) is 5.32 Å². The number of nitrogens with one attached hydrogen (secondary N) is 2. The molecule has 0 aliphatic rings. The first-order valence-corrected chi connectivity index (χ1v) is 8.96. The van der Waals surface area contributed by atoms with Gasteiger partial charge in [0.2, 0.25) is 0 Å². The number of carbonyl (C=O) groups excluding carboxylic acids is 2. The number of hydrogen-bond donors (Lipinski definition) is 2. The maximum atomic E-state index is 12.3. The minimum Gasteiger partial charge on any atom is -0.452 e. The van der Waals surface area contributed by atoms with Gasteiger partial charge in [0.05, 0.1) is 11.6 Å². The van der Waals surface area contributed by atoms with Crippen LogP contribution in [-0.2, 0) is 9.53 Å². The second-order valence-electron chi connectivity index (χ2n) is 6.10. The van der Waals surface area contributed by atoms with Gasteiger partial charge < -0.3 is 15.4 Å². The zero-order valence-corrected chi connectivity index (χ0v) is 15.3. The molecule has 138 valence electrons. The Hall–Kier alpha value is -2.82. The lowest BCUT2D eigenvalue weighted by Gasteiger charge is -2.15. The second kappa shape index (κ2) is 10.2. The molecule has 5 heteroatoms. The Morgan fingerprint density at radius 2 is 1.73 bits per heavy atom. The van der Waals surface area contributed by atoms with E-state index in [4.69, 9.17) is 4.74 Å². The smallest absolute Gasteiger partial charge is 0.340 e. The monoisotopic (exact) mass is 354 g/mol.